The molecule has 1 aromatic carbocycles. The number of aromatic nitrogens is 3. The predicted molar refractivity (Wildman–Crippen MR) is 151 cm³/mol. The minimum absolute atomic E-state index is 0.226. The van der Waals surface area contributed by atoms with E-state index >= 15 is 0 Å². The summed E-state index contributed by atoms with van der Waals surface area (Å²) in [5.41, 5.74) is 4.64. The fraction of sp³-hybridized carbons (Fsp3) is 0.414. The zero-order chi connectivity index (χ0) is 28.6. The van der Waals surface area contributed by atoms with E-state index < -0.39 is 24.2 Å². The van der Waals surface area contributed by atoms with Gasteiger partial charge in [0.15, 0.2) is 5.58 Å². The fourth-order valence-corrected chi connectivity index (χ4v) is 5.31. The van der Waals surface area contributed by atoms with Gasteiger partial charge >= 0.3 is 0 Å². The van der Waals surface area contributed by atoms with Gasteiger partial charge in [-0.3, -0.25) is 0 Å². The second-order valence-electron chi connectivity index (χ2n) is 10.3. The van der Waals surface area contributed by atoms with Crippen LogP contribution in [0, 0.1) is 26.7 Å². The van der Waals surface area contributed by atoms with E-state index in [2.05, 4.69) is 21.7 Å². The van der Waals surface area contributed by atoms with Gasteiger partial charge in [-0.25, -0.2) is 9.97 Å². The molecule has 4 unspecified atom stereocenters. The van der Waals surface area contributed by atoms with Crippen LogP contribution in [0.5, 0.6) is 11.6 Å². The molecule has 1 saturated carbocycles. The Labute approximate surface area is 232 Å². The molecule has 11 nitrogen and oxygen atoms in total. The lowest BCUT2D eigenvalue weighted by molar-refractivity contribution is 0.00446. The van der Waals surface area contributed by atoms with Gasteiger partial charge in [-0.2, -0.15) is 4.98 Å². The Morgan fingerprint density at radius 2 is 1.75 bits per heavy atom. The number of hydrogen-bond donors (Lipinski definition) is 5. The number of nitrogens with one attached hydrogen (secondary N) is 2. The molecule has 0 saturated heterocycles. The van der Waals surface area contributed by atoms with E-state index in [4.69, 9.17) is 23.9 Å². The van der Waals surface area contributed by atoms with E-state index in [0.29, 0.717) is 58.9 Å². The third kappa shape index (κ3) is 5.40. The maximum absolute atomic E-state index is 10.7. The molecule has 3 heterocycles. The second kappa shape index (κ2) is 11.3. The van der Waals surface area contributed by atoms with Gasteiger partial charge in [-0.05, 0) is 56.5 Å². The van der Waals surface area contributed by atoms with Gasteiger partial charge in [0.25, 0.3) is 0 Å². The zero-order valence-electron chi connectivity index (χ0n) is 23.2. The SMILES string of the molecule is COc1cc(C)cc(CNc2nc(C)c(-c3cc4cc(OC)nc(C)c4o3)c(NC3CC(CO)C(O)C3O)n2)c1. The van der Waals surface area contributed by atoms with Crippen LogP contribution in [0.1, 0.15) is 28.9 Å². The number of pyridine rings is 1. The second-order valence-corrected chi connectivity index (χ2v) is 10.3. The van der Waals surface area contributed by atoms with E-state index in [1.54, 1.807) is 20.3 Å². The molecule has 4 aromatic rings. The Bertz CT molecular complexity index is 1520. The number of aliphatic hydroxyl groups excluding tert-OH is 3. The van der Waals surface area contributed by atoms with Crippen molar-refractivity contribution >= 4 is 22.7 Å². The van der Waals surface area contributed by atoms with Gasteiger partial charge in [0, 0.05) is 30.5 Å². The van der Waals surface area contributed by atoms with Crippen molar-refractivity contribution in [1.82, 2.24) is 15.0 Å². The lowest BCUT2D eigenvalue weighted by atomic mass is 10.1. The number of ether oxygens (including phenoxy) is 2. The van der Waals surface area contributed by atoms with Crippen LogP contribution in [-0.4, -0.2) is 69.3 Å². The Morgan fingerprint density at radius 1 is 0.950 bits per heavy atom. The van der Waals surface area contributed by atoms with E-state index in [0.717, 1.165) is 22.3 Å². The molecule has 5 N–H and O–H groups in total. The van der Waals surface area contributed by atoms with Crippen molar-refractivity contribution < 1.29 is 29.2 Å². The molecule has 0 radical (unpaired) electrons. The van der Waals surface area contributed by atoms with Gasteiger partial charge in [-0.15, -0.1) is 0 Å². The van der Waals surface area contributed by atoms with Crippen LogP contribution >= 0.6 is 0 Å². The lowest BCUT2D eigenvalue weighted by Crippen LogP contribution is -2.35. The molecule has 11 heteroatoms. The van der Waals surface area contributed by atoms with Crippen LogP contribution < -0.4 is 20.1 Å². The standard InChI is InChI=1S/C29H35N5O6/c1-14-6-17(8-20(7-14)38-4)12-30-29-32-15(2)24(22-10-18-11-23(39-5)31-16(3)27(18)40-22)28(34-29)33-21-9-19(13-35)25(36)26(21)37/h6-8,10-11,19,21,25-26,35-37H,9,12-13H2,1-5H3,(H2,30,32,33,34). The molecule has 4 atom stereocenters. The molecule has 0 aliphatic heterocycles. The molecular formula is C29H35N5O6. The van der Waals surface area contributed by atoms with Gasteiger partial charge < -0.3 is 39.8 Å². The highest BCUT2D eigenvalue weighted by molar-refractivity contribution is 5.88. The summed E-state index contributed by atoms with van der Waals surface area (Å²) in [6.45, 7) is 5.95. The van der Waals surface area contributed by atoms with Crippen LogP contribution in [0.25, 0.3) is 22.3 Å². The highest BCUT2D eigenvalue weighted by Crippen LogP contribution is 2.38. The highest BCUT2D eigenvalue weighted by Gasteiger charge is 2.41. The summed E-state index contributed by atoms with van der Waals surface area (Å²) in [6.07, 6.45) is -1.76. The van der Waals surface area contributed by atoms with Crippen LogP contribution in [0.4, 0.5) is 11.8 Å². The maximum Gasteiger partial charge on any atom is 0.225 e. The zero-order valence-corrected chi connectivity index (χ0v) is 23.2. The first-order valence-corrected chi connectivity index (χ1v) is 13.2. The monoisotopic (exact) mass is 549 g/mol. The molecule has 1 aliphatic rings. The topological polar surface area (TPSA) is 155 Å². The number of rotatable bonds is 9. The molecule has 0 spiro atoms. The van der Waals surface area contributed by atoms with Crippen molar-refractivity contribution in [3.05, 3.63) is 52.8 Å². The van der Waals surface area contributed by atoms with Crippen molar-refractivity contribution in [3.63, 3.8) is 0 Å². The van der Waals surface area contributed by atoms with Crippen LogP contribution in [0.15, 0.2) is 34.7 Å². The number of methoxy groups -OCH3 is 2. The van der Waals surface area contributed by atoms with Gasteiger partial charge in [0.1, 0.15) is 23.4 Å². The summed E-state index contributed by atoms with van der Waals surface area (Å²) in [5.74, 6) is 2.14. The minimum atomic E-state index is -1.08. The third-order valence-corrected chi connectivity index (χ3v) is 7.35. The molecule has 1 aliphatic carbocycles. The van der Waals surface area contributed by atoms with E-state index in [9.17, 15) is 15.3 Å². The van der Waals surface area contributed by atoms with Gasteiger partial charge in [0.05, 0.1) is 43.3 Å². The molecule has 212 valence electrons. The van der Waals surface area contributed by atoms with Crippen LogP contribution in [-0.2, 0) is 6.54 Å². The van der Waals surface area contributed by atoms with Crippen molar-refractivity contribution in [2.45, 2.75) is 52.0 Å². The van der Waals surface area contributed by atoms with E-state index in [1.165, 1.54) is 0 Å². The summed E-state index contributed by atoms with van der Waals surface area (Å²) < 4.78 is 17.0. The summed E-state index contributed by atoms with van der Waals surface area (Å²) >= 11 is 0. The smallest absolute Gasteiger partial charge is 0.225 e. The van der Waals surface area contributed by atoms with Crippen molar-refractivity contribution in [3.8, 4) is 23.0 Å². The number of aryl methyl sites for hydroxylation is 3. The lowest BCUT2D eigenvalue weighted by Gasteiger charge is -2.21. The summed E-state index contributed by atoms with van der Waals surface area (Å²) in [4.78, 5) is 13.9. The number of fused-ring (bicyclic) bond motifs is 1. The number of anilines is 2. The fourth-order valence-electron chi connectivity index (χ4n) is 5.31. The third-order valence-electron chi connectivity index (χ3n) is 7.35. The molecule has 0 amide bonds. The minimum Gasteiger partial charge on any atom is -0.497 e. The van der Waals surface area contributed by atoms with E-state index in [1.807, 2.05) is 39.0 Å². The molecule has 1 fully saturated rings. The first-order valence-electron chi connectivity index (χ1n) is 13.2. The largest absolute Gasteiger partial charge is 0.497 e. The Kier molecular flexibility index (Phi) is 7.79. The Hall–Kier alpha value is -3.93. The first kappa shape index (κ1) is 27.6. The quantitative estimate of drug-likeness (QED) is 0.209. The van der Waals surface area contributed by atoms with Gasteiger partial charge in [0.2, 0.25) is 11.8 Å². The van der Waals surface area contributed by atoms with E-state index in [-0.39, 0.29) is 6.61 Å². The molecular weight excluding hydrogens is 514 g/mol. The summed E-state index contributed by atoms with van der Waals surface area (Å²) in [6, 6.07) is 9.11. The van der Waals surface area contributed by atoms with Crippen molar-refractivity contribution in [2.75, 3.05) is 31.5 Å². The highest BCUT2D eigenvalue weighted by atomic mass is 16.5. The van der Waals surface area contributed by atoms with Crippen LogP contribution in [0.2, 0.25) is 0 Å². The summed E-state index contributed by atoms with van der Waals surface area (Å²) in [7, 11) is 3.20. The number of hydrogen-bond acceptors (Lipinski definition) is 11. The first-order chi connectivity index (χ1) is 19.2. The van der Waals surface area contributed by atoms with Crippen LogP contribution in [0.3, 0.4) is 0 Å². The summed E-state index contributed by atoms with van der Waals surface area (Å²) in [5, 5.41) is 38.2. The van der Waals surface area contributed by atoms with Crippen molar-refractivity contribution in [2.24, 2.45) is 5.92 Å². The molecule has 5 rings (SSSR count). The predicted octanol–water partition coefficient (Wildman–Crippen LogP) is 3.35. The average molecular weight is 550 g/mol. The molecule has 40 heavy (non-hydrogen) atoms. The maximum atomic E-state index is 10.7. The molecule has 0 bridgehead atoms. The van der Waals surface area contributed by atoms with Crippen molar-refractivity contribution in [1.29, 1.82) is 0 Å². The number of aliphatic hydroxyl groups is 3. The average Bonchev–Trinajstić information content (AvgIpc) is 3.47. The number of benzene rings is 1. The molecule has 3 aromatic heterocycles. The normalized spacial score (nSPS) is 20.6. The Balaban J connectivity index is 1.53. The number of nitrogens with zero attached hydrogens (tertiary/aromatic N) is 3. The van der Waals surface area contributed by atoms with Gasteiger partial charge in [-0.1, -0.05) is 6.07 Å². The number of furan rings is 1. The Morgan fingerprint density at radius 3 is 2.45 bits per heavy atom.